The fraction of sp³-hybridized carbons (Fsp3) is 0.476. The topological polar surface area (TPSA) is 99.2 Å². The molecule has 0 spiro atoms. The molecule has 3 rings (SSSR count). The van der Waals surface area contributed by atoms with Crippen molar-refractivity contribution in [3.63, 3.8) is 0 Å². The number of aliphatic hydroxyl groups is 1. The normalized spacial score (nSPS) is 15.1. The van der Waals surface area contributed by atoms with Gasteiger partial charge in [-0.15, -0.1) is 0 Å². The molecule has 2 aromatic heterocycles. The first-order valence-electron chi connectivity index (χ1n) is 9.86. The van der Waals surface area contributed by atoms with Crippen molar-refractivity contribution < 1.29 is 9.90 Å². The van der Waals surface area contributed by atoms with Gasteiger partial charge in [0.15, 0.2) is 0 Å². The second-order valence-electron chi connectivity index (χ2n) is 8.55. The molecular formula is C21H27Cl2N5O2. The van der Waals surface area contributed by atoms with Gasteiger partial charge in [-0.25, -0.2) is 9.97 Å². The number of amides is 1. The molecule has 1 saturated carbocycles. The first-order valence-corrected chi connectivity index (χ1v) is 10.6. The van der Waals surface area contributed by atoms with Gasteiger partial charge < -0.3 is 21.1 Å². The standard InChI is InChI=1S/C21H27Cl2N5O2/c1-12(2)27-16-8-17(28-18-15(23)7-13(22)9-25-18)24-10-14(16)19(29)26-11-21(5-6-21)20(3,4)30/h7-10,12,30H,5-6,11H2,1-4H3,(H,26,29)(H2,24,25,27,28). The van der Waals surface area contributed by atoms with Crippen LogP contribution in [0.15, 0.2) is 24.5 Å². The van der Waals surface area contributed by atoms with E-state index >= 15 is 0 Å². The Kier molecular flexibility index (Phi) is 6.45. The van der Waals surface area contributed by atoms with Crippen molar-refractivity contribution >= 4 is 46.4 Å². The molecule has 2 aromatic rings. The number of nitrogens with zero attached hydrogens (tertiary/aromatic N) is 2. The number of halogens is 2. The number of pyridine rings is 2. The Balaban J connectivity index is 1.79. The van der Waals surface area contributed by atoms with Crippen LogP contribution in [0.25, 0.3) is 0 Å². The van der Waals surface area contributed by atoms with Crippen LogP contribution in [0.1, 0.15) is 50.9 Å². The summed E-state index contributed by atoms with van der Waals surface area (Å²) < 4.78 is 0. The van der Waals surface area contributed by atoms with E-state index in [9.17, 15) is 9.90 Å². The molecule has 0 unspecified atom stereocenters. The molecule has 0 radical (unpaired) electrons. The van der Waals surface area contributed by atoms with Crippen LogP contribution < -0.4 is 16.0 Å². The Morgan fingerprint density at radius 2 is 1.93 bits per heavy atom. The minimum absolute atomic E-state index is 0.107. The molecule has 0 atom stereocenters. The largest absolute Gasteiger partial charge is 0.390 e. The molecule has 1 fully saturated rings. The SMILES string of the molecule is CC(C)Nc1cc(Nc2ncc(Cl)cc2Cl)ncc1C(=O)NCC1(C(C)(C)O)CC1. The number of hydrogen-bond acceptors (Lipinski definition) is 6. The number of carbonyl (C=O) groups is 1. The second kappa shape index (κ2) is 8.57. The molecule has 0 aliphatic heterocycles. The lowest BCUT2D eigenvalue weighted by atomic mass is 9.87. The van der Waals surface area contributed by atoms with Crippen LogP contribution in [0, 0.1) is 5.41 Å². The Morgan fingerprint density at radius 1 is 1.23 bits per heavy atom. The van der Waals surface area contributed by atoms with Crippen LogP contribution in [0.4, 0.5) is 17.3 Å². The number of anilines is 3. The number of rotatable bonds is 8. The summed E-state index contributed by atoms with van der Waals surface area (Å²) in [6, 6.07) is 3.43. The summed E-state index contributed by atoms with van der Waals surface area (Å²) in [6.07, 6.45) is 4.78. The molecular weight excluding hydrogens is 425 g/mol. The molecule has 2 heterocycles. The van der Waals surface area contributed by atoms with E-state index in [-0.39, 0.29) is 17.4 Å². The minimum atomic E-state index is -0.837. The highest BCUT2D eigenvalue weighted by molar-refractivity contribution is 6.36. The lowest BCUT2D eigenvalue weighted by Gasteiger charge is -2.29. The average molecular weight is 452 g/mol. The zero-order valence-corrected chi connectivity index (χ0v) is 19.0. The van der Waals surface area contributed by atoms with Crippen molar-refractivity contribution in [2.45, 2.75) is 52.2 Å². The van der Waals surface area contributed by atoms with Gasteiger partial charge >= 0.3 is 0 Å². The first kappa shape index (κ1) is 22.6. The Bertz CT molecular complexity index is 939. The van der Waals surface area contributed by atoms with E-state index in [4.69, 9.17) is 23.2 Å². The summed E-state index contributed by atoms with van der Waals surface area (Å²) in [7, 11) is 0. The van der Waals surface area contributed by atoms with Gasteiger partial charge in [-0.05, 0) is 46.6 Å². The molecule has 0 saturated heterocycles. The van der Waals surface area contributed by atoms with Gasteiger partial charge in [0.05, 0.1) is 26.9 Å². The predicted molar refractivity (Wildman–Crippen MR) is 121 cm³/mol. The molecule has 9 heteroatoms. The lowest BCUT2D eigenvalue weighted by Crippen LogP contribution is -2.42. The van der Waals surface area contributed by atoms with Gasteiger partial charge in [0.25, 0.3) is 5.91 Å². The van der Waals surface area contributed by atoms with Crippen LogP contribution in [0.2, 0.25) is 10.0 Å². The van der Waals surface area contributed by atoms with Crippen LogP contribution in [0.5, 0.6) is 0 Å². The van der Waals surface area contributed by atoms with E-state index in [1.807, 2.05) is 13.8 Å². The monoisotopic (exact) mass is 451 g/mol. The highest BCUT2D eigenvalue weighted by Gasteiger charge is 2.53. The third-order valence-electron chi connectivity index (χ3n) is 5.39. The van der Waals surface area contributed by atoms with E-state index < -0.39 is 5.60 Å². The molecule has 7 nitrogen and oxygen atoms in total. The maximum Gasteiger partial charge on any atom is 0.254 e. The van der Waals surface area contributed by atoms with E-state index in [1.54, 1.807) is 26.0 Å². The molecule has 0 bridgehead atoms. The van der Waals surface area contributed by atoms with Gasteiger partial charge in [0.1, 0.15) is 11.6 Å². The van der Waals surface area contributed by atoms with Gasteiger partial charge in [-0.1, -0.05) is 23.2 Å². The molecule has 1 amide bonds. The van der Waals surface area contributed by atoms with Crippen molar-refractivity contribution in [3.05, 3.63) is 40.1 Å². The molecule has 1 aliphatic rings. The summed E-state index contributed by atoms with van der Waals surface area (Å²) in [6.45, 7) is 7.97. The molecule has 4 N–H and O–H groups in total. The molecule has 162 valence electrons. The Morgan fingerprint density at radius 3 is 2.50 bits per heavy atom. The summed E-state index contributed by atoms with van der Waals surface area (Å²) in [5, 5.41) is 20.5. The summed E-state index contributed by atoms with van der Waals surface area (Å²) in [5.41, 5.74) is -0.0368. The lowest BCUT2D eigenvalue weighted by molar-refractivity contribution is 0.00303. The van der Waals surface area contributed by atoms with E-state index in [1.165, 1.54) is 12.4 Å². The second-order valence-corrected chi connectivity index (χ2v) is 9.39. The first-order chi connectivity index (χ1) is 14.0. The quantitative estimate of drug-likeness (QED) is 0.466. The van der Waals surface area contributed by atoms with E-state index in [0.717, 1.165) is 12.8 Å². The van der Waals surface area contributed by atoms with Gasteiger partial charge in [0.2, 0.25) is 0 Å². The summed E-state index contributed by atoms with van der Waals surface area (Å²) in [4.78, 5) is 21.4. The van der Waals surface area contributed by atoms with Gasteiger partial charge in [-0.2, -0.15) is 0 Å². The van der Waals surface area contributed by atoms with Crippen molar-refractivity contribution in [1.82, 2.24) is 15.3 Å². The zero-order chi connectivity index (χ0) is 22.1. The number of nitrogens with one attached hydrogen (secondary N) is 3. The van der Waals surface area contributed by atoms with Gasteiger partial charge in [-0.3, -0.25) is 4.79 Å². The van der Waals surface area contributed by atoms with Crippen LogP contribution in [0.3, 0.4) is 0 Å². The maximum absolute atomic E-state index is 12.9. The van der Waals surface area contributed by atoms with Crippen LogP contribution in [-0.4, -0.2) is 39.2 Å². The van der Waals surface area contributed by atoms with Crippen LogP contribution >= 0.6 is 23.2 Å². The van der Waals surface area contributed by atoms with Gasteiger partial charge in [0, 0.05) is 36.5 Å². The fourth-order valence-corrected chi connectivity index (χ4v) is 3.69. The Hall–Kier alpha value is -2.09. The fourth-order valence-electron chi connectivity index (χ4n) is 3.26. The molecule has 30 heavy (non-hydrogen) atoms. The highest BCUT2D eigenvalue weighted by atomic mass is 35.5. The summed E-state index contributed by atoms with van der Waals surface area (Å²) >= 11 is 12.1. The number of carbonyl (C=O) groups excluding carboxylic acids is 1. The average Bonchev–Trinajstić information content (AvgIpc) is 3.43. The third kappa shape index (κ3) is 5.14. The Labute approximate surface area is 186 Å². The number of hydrogen-bond donors (Lipinski definition) is 4. The van der Waals surface area contributed by atoms with Crippen molar-refractivity contribution in [2.24, 2.45) is 5.41 Å². The van der Waals surface area contributed by atoms with Crippen molar-refractivity contribution in [2.75, 3.05) is 17.2 Å². The van der Waals surface area contributed by atoms with E-state index in [2.05, 4.69) is 25.9 Å². The third-order valence-corrected chi connectivity index (χ3v) is 5.88. The van der Waals surface area contributed by atoms with Crippen molar-refractivity contribution in [3.8, 4) is 0 Å². The maximum atomic E-state index is 12.9. The summed E-state index contributed by atoms with van der Waals surface area (Å²) in [5.74, 6) is 0.666. The predicted octanol–water partition coefficient (Wildman–Crippen LogP) is 4.63. The zero-order valence-electron chi connectivity index (χ0n) is 17.5. The highest BCUT2D eigenvalue weighted by Crippen LogP contribution is 2.53. The minimum Gasteiger partial charge on any atom is -0.390 e. The molecule has 0 aromatic carbocycles. The number of aromatic nitrogens is 2. The van der Waals surface area contributed by atoms with Crippen LogP contribution in [-0.2, 0) is 0 Å². The van der Waals surface area contributed by atoms with E-state index in [0.29, 0.717) is 39.5 Å². The van der Waals surface area contributed by atoms with Crippen molar-refractivity contribution in [1.29, 1.82) is 0 Å². The molecule has 1 aliphatic carbocycles. The smallest absolute Gasteiger partial charge is 0.254 e.